The number of benzene rings is 1. The third kappa shape index (κ3) is 6.67. The molecule has 0 N–H and O–H groups in total. The van der Waals surface area contributed by atoms with Gasteiger partial charge in [0, 0.05) is 0 Å². The predicted octanol–water partition coefficient (Wildman–Crippen LogP) is 2.49. The molecule has 1 rings (SSSR count). The molecule has 0 aliphatic rings. The zero-order valence-electron chi connectivity index (χ0n) is 14.7. The van der Waals surface area contributed by atoms with Gasteiger partial charge in [0.2, 0.25) is 0 Å². The molecule has 0 bridgehead atoms. The highest BCUT2D eigenvalue weighted by Crippen LogP contribution is 2.22. The smallest absolute Gasteiger partial charge is 0.339 e. The molecule has 138 valence electrons. The molecule has 0 atom stereocenters. The van der Waals surface area contributed by atoms with E-state index < -0.39 is 27.7 Å². The summed E-state index contributed by atoms with van der Waals surface area (Å²) in [7, 11) is -4.14. The van der Waals surface area contributed by atoms with E-state index in [1.807, 2.05) is 6.92 Å². The molecule has 0 radical (unpaired) electrons. The lowest BCUT2D eigenvalue weighted by Crippen LogP contribution is -2.39. The van der Waals surface area contributed by atoms with E-state index in [2.05, 4.69) is 6.58 Å². The van der Waals surface area contributed by atoms with Crippen LogP contribution in [-0.4, -0.2) is 32.6 Å². The van der Waals surface area contributed by atoms with E-state index in [9.17, 15) is 18.0 Å². The first-order valence-electron chi connectivity index (χ1n) is 7.50. The summed E-state index contributed by atoms with van der Waals surface area (Å²) in [6.07, 6.45) is -0.181. The van der Waals surface area contributed by atoms with Crippen LogP contribution >= 0.6 is 0 Å². The average Bonchev–Trinajstić information content (AvgIpc) is 2.45. The molecule has 0 spiro atoms. The van der Waals surface area contributed by atoms with Gasteiger partial charge in [-0.1, -0.05) is 24.3 Å². The Labute approximate surface area is 147 Å². The van der Waals surface area contributed by atoms with Gasteiger partial charge in [-0.05, 0) is 39.8 Å². The Morgan fingerprint density at radius 1 is 1.16 bits per heavy atom. The normalized spacial score (nSPS) is 11.7. The zero-order valence-corrected chi connectivity index (χ0v) is 15.5. The van der Waals surface area contributed by atoms with Crippen molar-refractivity contribution in [3.8, 4) is 0 Å². The molecule has 25 heavy (non-hydrogen) atoms. The fourth-order valence-corrected chi connectivity index (χ4v) is 2.89. The summed E-state index contributed by atoms with van der Waals surface area (Å²) in [5.74, 6) is -1.29. The number of aryl methyl sites for hydroxylation is 1. The van der Waals surface area contributed by atoms with Crippen LogP contribution in [0.2, 0.25) is 0 Å². The Morgan fingerprint density at radius 2 is 1.72 bits per heavy atom. The van der Waals surface area contributed by atoms with Crippen molar-refractivity contribution in [1.82, 2.24) is 0 Å². The van der Waals surface area contributed by atoms with E-state index in [0.29, 0.717) is 0 Å². The molecular weight excluding hydrogens is 348 g/mol. The average molecular weight is 370 g/mol. The molecule has 1 aromatic rings. The van der Waals surface area contributed by atoms with E-state index in [1.165, 1.54) is 32.9 Å². The maximum atomic E-state index is 12.3. The van der Waals surface area contributed by atoms with E-state index in [4.69, 9.17) is 13.7 Å². The van der Waals surface area contributed by atoms with Crippen LogP contribution in [0, 0.1) is 6.92 Å². The van der Waals surface area contributed by atoms with Crippen molar-refractivity contribution in [1.29, 1.82) is 0 Å². The van der Waals surface area contributed by atoms with E-state index in [1.54, 1.807) is 12.1 Å². The lowest BCUT2D eigenvalue weighted by atomic mass is 10.1. The summed E-state index contributed by atoms with van der Waals surface area (Å²) < 4.78 is 39.1. The molecule has 7 nitrogen and oxygen atoms in total. The van der Waals surface area contributed by atoms with Crippen molar-refractivity contribution < 1.29 is 31.7 Å². The van der Waals surface area contributed by atoms with Gasteiger partial charge in [-0.25, -0.2) is 8.98 Å². The maximum Gasteiger partial charge on any atom is 0.339 e. The maximum absolute atomic E-state index is 12.3. The second kappa shape index (κ2) is 8.26. The van der Waals surface area contributed by atoms with Crippen LogP contribution in [0.5, 0.6) is 0 Å². The molecule has 0 saturated carbocycles. The number of carbonyl (C=O) groups is 2. The van der Waals surface area contributed by atoms with Crippen LogP contribution in [0.3, 0.4) is 0 Å². The summed E-state index contributed by atoms with van der Waals surface area (Å²) >= 11 is 0. The lowest BCUT2D eigenvalue weighted by Gasteiger charge is -2.22. The minimum atomic E-state index is -4.14. The predicted molar refractivity (Wildman–Crippen MR) is 90.0 cm³/mol. The third-order valence-corrected chi connectivity index (χ3v) is 4.43. The summed E-state index contributed by atoms with van der Waals surface area (Å²) in [6.45, 7) is 9.02. The number of carbonyl (C=O) groups excluding carboxylic acids is 2. The van der Waals surface area contributed by atoms with Crippen LogP contribution in [0.1, 0.15) is 32.8 Å². The molecule has 1 aromatic carbocycles. The monoisotopic (exact) mass is 370 g/mol. The number of ether oxygens (including phenoxy) is 2. The third-order valence-electron chi connectivity index (χ3n) is 2.95. The fourth-order valence-electron chi connectivity index (χ4n) is 1.71. The lowest BCUT2D eigenvalue weighted by molar-refractivity contribution is -0.160. The summed E-state index contributed by atoms with van der Waals surface area (Å²) in [5.41, 5.74) is -0.860. The number of esters is 2. The second-order valence-corrected chi connectivity index (χ2v) is 7.47. The Morgan fingerprint density at radius 3 is 2.24 bits per heavy atom. The molecule has 0 fully saturated rings. The molecule has 0 aliphatic carbocycles. The van der Waals surface area contributed by atoms with Gasteiger partial charge in [-0.15, -0.1) is 0 Å². The van der Waals surface area contributed by atoms with Crippen LogP contribution in [0.4, 0.5) is 0 Å². The topological polar surface area (TPSA) is 96.0 Å². The number of hydrogen-bond donors (Lipinski definition) is 0. The fraction of sp³-hybridized carbons (Fsp3) is 0.412. The Kier molecular flexibility index (Phi) is 6.89. The number of rotatable bonds is 8. The molecular formula is C17H22O7S. The van der Waals surface area contributed by atoms with Gasteiger partial charge < -0.3 is 9.47 Å². The molecule has 0 aromatic heterocycles. The van der Waals surface area contributed by atoms with Crippen molar-refractivity contribution in [2.75, 3.05) is 6.61 Å². The van der Waals surface area contributed by atoms with Gasteiger partial charge in [-0.2, -0.15) is 8.42 Å². The molecule has 0 unspecified atom stereocenters. The van der Waals surface area contributed by atoms with E-state index in [0.717, 1.165) is 5.56 Å². The standard InChI is InChI=1S/C17H22O7S/c1-12(2)23-15(18)10-11-22-16(19)17(4,5)24-25(20,21)14-8-6-13(3)7-9-14/h6-9H,1,10-11H2,2-5H3. The van der Waals surface area contributed by atoms with Crippen molar-refractivity contribution in [3.05, 3.63) is 42.2 Å². The van der Waals surface area contributed by atoms with Crippen molar-refractivity contribution in [3.63, 3.8) is 0 Å². The highest BCUT2D eigenvalue weighted by Gasteiger charge is 2.37. The second-order valence-electron chi connectivity index (χ2n) is 5.92. The zero-order chi connectivity index (χ0) is 19.3. The van der Waals surface area contributed by atoms with Crippen LogP contribution in [0.25, 0.3) is 0 Å². The van der Waals surface area contributed by atoms with Crippen LogP contribution in [-0.2, 0) is 33.4 Å². The first kappa shape index (κ1) is 20.9. The van der Waals surface area contributed by atoms with Crippen molar-refractivity contribution in [2.24, 2.45) is 0 Å². The molecule has 0 amide bonds. The minimum Gasteiger partial charge on any atom is -0.463 e. The van der Waals surface area contributed by atoms with Gasteiger partial charge >= 0.3 is 11.9 Å². The molecule has 8 heteroatoms. The Balaban J connectivity index is 2.67. The van der Waals surface area contributed by atoms with Crippen molar-refractivity contribution >= 4 is 22.1 Å². The Bertz CT molecular complexity index is 746. The first-order chi connectivity index (χ1) is 11.4. The molecule has 0 aliphatic heterocycles. The van der Waals surface area contributed by atoms with E-state index >= 15 is 0 Å². The highest BCUT2D eigenvalue weighted by atomic mass is 32.2. The van der Waals surface area contributed by atoms with Gasteiger partial charge in [0.25, 0.3) is 10.1 Å². The SMILES string of the molecule is C=C(C)OC(=O)CCOC(=O)C(C)(C)OS(=O)(=O)c1ccc(C)cc1. The minimum absolute atomic E-state index is 0.0657. The molecule has 0 saturated heterocycles. The number of hydrogen-bond acceptors (Lipinski definition) is 7. The largest absolute Gasteiger partial charge is 0.463 e. The van der Waals surface area contributed by atoms with Gasteiger partial charge in [0.1, 0.15) is 6.61 Å². The van der Waals surface area contributed by atoms with Gasteiger partial charge in [0.15, 0.2) is 5.60 Å². The number of allylic oxidation sites excluding steroid dienone is 1. The quantitative estimate of drug-likeness (QED) is 0.394. The summed E-state index contributed by atoms with van der Waals surface area (Å²) in [4.78, 5) is 23.3. The first-order valence-corrected chi connectivity index (χ1v) is 8.90. The highest BCUT2D eigenvalue weighted by molar-refractivity contribution is 7.86. The molecule has 0 heterocycles. The van der Waals surface area contributed by atoms with Crippen LogP contribution in [0.15, 0.2) is 41.5 Å². The summed E-state index contributed by atoms with van der Waals surface area (Å²) in [5, 5.41) is 0. The Hall–Kier alpha value is -2.19. The summed E-state index contributed by atoms with van der Waals surface area (Å²) in [6, 6.07) is 6.02. The van der Waals surface area contributed by atoms with Gasteiger partial charge in [0.05, 0.1) is 17.1 Å². The van der Waals surface area contributed by atoms with E-state index in [-0.39, 0.29) is 23.7 Å². The van der Waals surface area contributed by atoms with Gasteiger partial charge in [-0.3, -0.25) is 4.79 Å². The van der Waals surface area contributed by atoms with Crippen LogP contribution < -0.4 is 0 Å². The van der Waals surface area contributed by atoms with Crippen molar-refractivity contribution in [2.45, 2.75) is 44.6 Å².